The van der Waals surface area contributed by atoms with Crippen LogP contribution in [0.2, 0.25) is 0 Å². The van der Waals surface area contributed by atoms with Crippen LogP contribution in [0, 0.1) is 13.8 Å². The van der Waals surface area contributed by atoms with Crippen LogP contribution in [0.25, 0.3) is 0 Å². The highest BCUT2D eigenvalue weighted by Gasteiger charge is 2.22. The number of aliphatic imine (C=N–C) groups is 1. The first kappa shape index (κ1) is 15.3. The Morgan fingerprint density at radius 3 is 2.67 bits per heavy atom. The van der Waals surface area contributed by atoms with Gasteiger partial charge in [-0.2, -0.15) is 0 Å². The highest BCUT2D eigenvalue weighted by Crippen LogP contribution is 2.18. The van der Waals surface area contributed by atoms with Crippen LogP contribution < -0.4 is 10.6 Å². The van der Waals surface area contributed by atoms with E-state index >= 15 is 0 Å². The Morgan fingerprint density at radius 1 is 1.44 bits per heavy atom. The Bertz CT molecular complexity index is 393. The van der Waals surface area contributed by atoms with Crippen molar-refractivity contribution in [3.8, 4) is 0 Å². The molecule has 1 saturated carbocycles. The van der Waals surface area contributed by atoms with E-state index in [9.17, 15) is 0 Å². The molecule has 0 aliphatic heterocycles. The summed E-state index contributed by atoms with van der Waals surface area (Å²) in [5.74, 6) is 1.80. The zero-order chi connectivity index (χ0) is 12.3. The van der Waals surface area contributed by atoms with E-state index in [1.165, 1.54) is 18.4 Å². The molecule has 102 valence electrons. The Kier molecular flexibility index (Phi) is 5.90. The molecule has 1 aliphatic rings. The van der Waals surface area contributed by atoms with E-state index in [0.717, 1.165) is 30.4 Å². The van der Waals surface area contributed by atoms with Crippen molar-refractivity contribution in [1.29, 1.82) is 0 Å². The smallest absolute Gasteiger partial charge is 0.191 e. The number of halogens is 1. The second kappa shape index (κ2) is 6.96. The zero-order valence-corrected chi connectivity index (χ0v) is 13.4. The topological polar surface area (TPSA) is 62.5 Å². The maximum absolute atomic E-state index is 5.13. The van der Waals surface area contributed by atoms with E-state index in [-0.39, 0.29) is 24.0 Å². The summed E-state index contributed by atoms with van der Waals surface area (Å²) >= 11 is 0. The lowest BCUT2D eigenvalue weighted by molar-refractivity contribution is 0.392. The fourth-order valence-electron chi connectivity index (χ4n) is 1.78. The standard InChI is InChI=1S/C12H20N4O.HI/c1-8-11(9(2)17-16-8)6-7-14-12(13-3)15-10-4-5-10;/h10H,4-7H2,1-3H3,(H2,13,14,15);1H. The van der Waals surface area contributed by atoms with Gasteiger partial charge in [0, 0.05) is 25.2 Å². The molecule has 1 aromatic rings. The van der Waals surface area contributed by atoms with Gasteiger partial charge in [0.05, 0.1) is 5.69 Å². The van der Waals surface area contributed by atoms with Gasteiger partial charge in [0.1, 0.15) is 5.76 Å². The molecular weight excluding hydrogens is 343 g/mol. The predicted octanol–water partition coefficient (Wildman–Crippen LogP) is 1.78. The SMILES string of the molecule is CN=C(NCCc1c(C)noc1C)NC1CC1.I. The minimum absolute atomic E-state index is 0. The Labute approximate surface area is 125 Å². The lowest BCUT2D eigenvalue weighted by Crippen LogP contribution is -2.39. The fourth-order valence-corrected chi connectivity index (χ4v) is 1.78. The summed E-state index contributed by atoms with van der Waals surface area (Å²) in [5, 5.41) is 10.6. The summed E-state index contributed by atoms with van der Waals surface area (Å²) in [4.78, 5) is 4.19. The number of aryl methyl sites for hydroxylation is 2. The number of nitrogens with zero attached hydrogens (tertiary/aromatic N) is 2. The lowest BCUT2D eigenvalue weighted by Gasteiger charge is -2.10. The fraction of sp³-hybridized carbons (Fsp3) is 0.667. The van der Waals surface area contributed by atoms with Crippen LogP contribution >= 0.6 is 24.0 Å². The molecule has 0 bridgehead atoms. The van der Waals surface area contributed by atoms with Crippen LogP contribution in [0.1, 0.15) is 29.9 Å². The number of hydrogen-bond acceptors (Lipinski definition) is 3. The van der Waals surface area contributed by atoms with Crippen LogP contribution in [-0.4, -0.2) is 30.8 Å². The van der Waals surface area contributed by atoms with Gasteiger partial charge < -0.3 is 15.2 Å². The van der Waals surface area contributed by atoms with E-state index in [1.54, 1.807) is 7.05 Å². The van der Waals surface area contributed by atoms with Crippen LogP contribution in [0.5, 0.6) is 0 Å². The van der Waals surface area contributed by atoms with Gasteiger partial charge in [-0.15, -0.1) is 24.0 Å². The van der Waals surface area contributed by atoms with Crippen molar-refractivity contribution in [2.75, 3.05) is 13.6 Å². The molecule has 1 heterocycles. The largest absolute Gasteiger partial charge is 0.361 e. The molecule has 0 aromatic carbocycles. The van der Waals surface area contributed by atoms with E-state index in [1.807, 2.05) is 13.8 Å². The van der Waals surface area contributed by atoms with E-state index in [2.05, 4.69) is 20.8 Å². The molecule has 0 saturated heterocycles. The van der Waals surface area contributed by atoms with Gasteiger partial charge >= 0.3 is 0 Å². The first-order valence-electron chi connectivity index (χ1n) is 6.09. The molecular formula is C12H21IN4O. The molecule has 0 amide bonds. The van der Waals surface area contributed by atoms with E-state index in [4.69, 9.17) is 4.52 Å². The number of rotatable bonds is 4. The molecule has 6 heteroatoms. The van der Waals surface area contributed by atoms with Crippen molar-refractivity contribution in [3.63, 3.8) is 0 Å². The van der Waals surface area contributed by atoms with Crippen LogP contribution in [0.4, 0.5) is 0 Å². The molecule has 0 spiro atoms. The second-order valence-corrected chi connectivity index (χ2v) is 4.47. The summed E-state index contributed by atoms with van der Waals surface area (Å²) in [6.45, 7) is 4.77. The third-order valence-corrected chi connectivity index (χ3v) is 2.99. The predicted molar refractivity (Wildman–Crippen MR) is 82.6 cm³/mol. The third-order valence-electron chi connectivity index (χ3n) is 2.99. The molecule has 2 N–H and O–H groups in total. The second-order valence-electron chi connectivity index (χ2n) is 4.47. The van der Waals surface area contributed by atoms with Gasteiger partial charge in [-0.3, -0.25) is 4.99 Å². The number of hydrogen-bond donors (Lipinski definition) is 2. The summed E-state index contributed by atoms with van der Waals surface area (Å²) in [7, 11) is 1.80. The average molecular weight is 364 g/mol. The summed E-state index contributed by atoms with van der Waals surface area (Å²) in [5.41, 5.74) is 2.17. The normalized spacial score (nSPS) is 15.2. The number of guanidine groups is 1. The molecule has 0 atom stereocenters. The first-order valence-corrected chi connectivity index (χ1v) is 6.09. The molecule has 18 heavy (non-hydrogen) atoms. The minimum atomic E-state index is 0. The van der Waals surface area contributed by atoms with E-state index in [0.29, 0.717) is 6.04 Å². The van der Waals surface area contributed by atoms with Crippen molar-refractivity contribution in [1.82, 2.24) is 15.8 Å². The van der Waals surface area contributed by atoms with Crippen LogP contribution in [0.15, 0.2) is 9.52 Å². The highest BCUT2D eigenvalue weighted by atomic mass is 127. The molecule has 5 nitrogen and oxygen atoms in total. The van der Waals surface area contributed by atoms with Gasteiger partial charge in [0.15, 0.2) is 5.96 Å². The quantitative estimate of drug-likeness (QED) is 0.486. The molecule has 2 rings (SSSR count). The molecule has 0 radical (unpaired) electrons. The van der Waals surface area contributed by atoms with Crippen molar-refractivity contribution in [2.45, 2.75) is 39.2 Å². The average Bonchev–Trinajstić information content (AvgIpc) is 3.08. The summed E-state index contributed by atoms with van der Waals surface area (Å²) in [6.07, 6.45) is 3.42. The Hall–Kier alpha value is -0.790. The van der Waals surface area contributed by atoms with Gasteiger partial charge in [0.25, 0.3) is 0 Å². The molecule has 0 unspecified atom stereocenters. The maximum Gasteiger partial charge on any atom is 0.191 e. The van der Waals surface area contributed by atoms with Gasteiger partial charge in [-0.1, -0.05) is 5.16 Å². The zero-order valence-electron chi connectivity index (χ0n) is 11.1. The van der Waals surface area contributed by atoms with E-state index < -0.39 is 0 Å². The number of aromatic nitrogens is 1. The highest BCUT2D eigenvalue weighted by molar-refractivity contribution is 14.0. The molecule has 1 aromatic heterocycles. The first-order chi connectivity index (χ1) is 8.20. The number of nitrogens with one attached hydrogen (secondary N) is 2. The van der Waals surface area contributed by atoms with Crippen LogP contribution in [-0.2, 0) is 6.42 Å². The van der Waals surface area contributed by atoms with Gasteiger partial charge in [-0.25, -0.2) is 0 Å². The maximum atomic E-state index is 5.13. The van der Waals surface area contributed by atoms with Gasteiger partial charge in [-0.05, 0) is 33.1 Å². The third kappa shape index (κ3) is 4.15. The Morgan fingerprint density at radius 2 is 2.17 bits per heavy atom. The van der Waals surface area contributed by atoms with Crippen LogP contribution in [0.3, 0.4) is 0 Å². The monoisotopic (exact) mass is 364 g/mol. The Balaban J connectivity index is 0.00000162. The van der Waals surface area contributed by atoms with Gasteiger partial charge in [0.2, 0.25) is 0 Å². The minimum Gasteiger partial charge on any atom is -0.361 e. The van der Waals surface area contributed by atoms with Crippen molar-refractivity contribution in [2.24, 2.45) is 4.99 Å². The van der Waals surface area contributed by atoms with Crippen molar-refractivity contribution < 1.29 is 4.52 Å². The summed E-state index contributed by atoms with van der Waals surface area (Å²) in [6, 6.07) is 0.625. The van der Waals surface area contributed by atoms with Crippen molar-refractivity contribution >= 4 is 29.9 Å². The summed E-state index contributed by atoms with van der Waals surface area (Å²) < 4.78 is 5.13. The molecule has 1 fully saturated rings. The molecule has 1 aliphatic carbocycles. The van der Waals surface area contributed by atoms with Crippen molar-refractivity contribution in [3.05, 3.63) is 17.0 Å². The lowest BCUT2D eigenvalue weighted by atomic mass is 10.1.